The van der Waals surface area contributed by atoms with Gasteiger partial charge in [-0.05, 0) is 197 Å². The van der Waals surface area contributed by atoms with Crippen molar-refractivity contribution in [1.29, 1.82) is 0 Å². The first kappa shape index (κ1) is 125. The van der Waals surface area contributed by atoms with Crippen LogP contribution in [-0.2, 0) is 38.5 Å². The Bertz CT molecular complexity index is 2860. The molecule has 0 aromatic heterocycles. The van der Waals surface area contributed by atoms with Gasteiger partial charge in [-0.25, -0.2) is 0 Å². The predicted octanol–water partition coefficient (Wildman–Crippen LogP) is 18.9. The lowest BCUT2D eigenvalue weighted by Gasteiger charge is -2.28. The monoisotopic (exact) mass is 1580 g/mol. The molecule has 0 spiro atoms. The highest BCUT2D eigenvalue weighted by atomic mass is 14.7. The van der Waals surface area contributed by atoms with Crippen LogP contribution in [0.5, 0.6) is 0 Å². The summed E-state index contributed by atoms with van der Waals surface area (Å²) < 4.78 is 0. The van der Waals surface area contributed by atoms with Crippen molar-refractivity contribution in [3.8, 4) is 0 Å². The molecule has 0 atom stereocenters. The van der Waals surface area contributed by atoms with Gasteiger partial charge in [-0.3, -0.25) is 0 Å². The van der Waals surface area contributed by atoms with Gasteiger partial charge in [0.15, 0.2) is 0 Å². The number of hydrogen-bond acceptors (Lipinski definition) is 14. The van der Waals surface area contributed by atoms with Gasteiger partial charge in [0.2, 0.25) is 0 Å². The molecular formula is C101H174N14. The van der Waals surface area contributed by atoms with Crippen molar-refractivity contribution < 1.29 is 0 Å². The summed E-state index contributed by atoms with van der Waals surface area (Å²) in [6, 6.07) is 105. The smallest absolute Gasteiger partial charge is 0.0403 e. The third-order valence-electron chi connectivity index (χ3n) is 16.5. The Morgan fingerprint density at radius 1 is 0.183 bits per heavy atom. The van der Waals surface area contributed by atoms with Crippen LogP contribution in [0.2, 0.25) is 0 Å². The molecule has 0 amide bonds. The van der Waals surface area contributed by atoms with Crippen LogP contribution >= 0.6 is 0 Å². The second-order valence-electron chi connectivity index (χ2n) is 23.9. The summed E-state index contributed by atoms with van der Waals surface area (Å²) in [6.07, 6.45) is 32.2. The fourth-order valence-corrected chi connectivity index (χ4v) is 11.5. The average molecular weight is 1580 g/mol. The van der Waals surface area contributed by atoms with E-state index in [1.807, 2.05) is 84.9 Å². The maximum absolute atomic E-state index is 4.62. The molecule has 0 saturated heterocycles. The van der Waals surface area contributed by atoms with Gasteiger partial charge in [-0.15, -0.1) is 0 Å². The van der Waals surface area contributed by atoms with E-state index in [9.17, 15) is 0 Å². The van der Waals surface area contributed by atoms with Crippen LogP contribution < -0.4 is 80.3 Å². The molecule has 14 nitrogen and oxygen atoms in total. The number of nitrogens with two attached hydrogens (primary N) is 14. The topological polar surface area (TPSA) is 364 Å². The standard InChI is InChI=1S/C27H24.C13H24.C13H12.2C8H10.C6H12.2C6H6.CH6N2.12CH5N.CH4/c1-3-7-22(8-4-1)19-24-11-15-26(16-12-24)21-27-17-13-25(14-18-27)20-23-9-5-2-6-10-23;2*1-3-7-12(8-4-1)11-13-9-5-2-6-10-13;2*1-2-8-6-4-3-5-7-8;3*1-2-4-6-5-3-1;2-1-3;12*1-2;/h1-18H,19-21H2;12-13H,1-11H2;1-10H,11H2;2*3-7H,2H2,1H3;1-6H2;2*1-6H;1-3H2;12*2H2,1H3;1H4. The highest BCUT2D eigenvalue weighted by Crippen LogP contribution is 2.35. The van der Waals surface area contributed by atoms with Crippen molar-refractivity contribution in [3.63, 3.8) is 0 Å². The third-order valence-corrected chi connectivity index (χ3v) is 16.5. The summed E-state index contributed by atoms with van der Waals surface area (Å²) in [5.41, 5.74) is 77.0. The lowest BCUT2D eigenvalue weighted by atomic mass is 9.78. The summed E-state index contributed by atoms with van der Waals surface area (Å²) in [7, 11) is 18.0. The normalized spacial score (nSPS) is 10.9. The molecule has 3 saturated carbocycles. The molecule has 14 heteroatoms. The van der Waals surface area contributed by atoms with Crippen LogP contribution in [0.1, 0.15) is 186 Å². The molecule has 0 unspecified atom stereocenters. The fraction of sp³-hybridized carbons (Fsp3) is 0.406. The van der Waals surface area contributed by atoms with Crippen LogP contribution in [-0.4, -0.2) is 91.2 Å². The predicted molar refractivity (Wildman–Crippen MR) is 521 cm³/mol. The Hall–Kier alpha value is -8.36. The molecule has 0 heterocycles. The number of benzene rings is 10. The average Bonchev–Trinajstić information content (AvgIpc) is 0.851. The highest BCUT2D eigenvalue weighted by molar-refractivity contribution is 5.34. The van der Waals surface area contributed by atoms with E-state index >= 15 is 0 Å². The van der Waals surface area contributed by atoms with E-state index in [2.05, 4.69) is 313 Å². The van der Waals surface area contributed by atoms with Crippen LogP contribution in [0, 0.1) is 11.8 Å². The molecule has 0 aliphatic heterocycles. The van der Waals surface area contributed by atoms with E-state index in [1.54, 1.807) is 32.1 Å². The summed E-state index contributed by atoms with van der Waals surface area (Å²) >= 11 is 0. The summed E-state index contributed by atoms with van der Waals surface area (Å²) in [4.78, 5) is 0. The lowest BCUT2D eigenvalue weighted by Crippen LogP contribution is -2.14. The van der Waals surface area contributed by atoms with Crippen LogP contribution in [0.4, 0.5) is 0 Å². The minimum atomic E-state index is 0. The number of aryl methyl sites for hydroxylation is 2. The molecule has 3 aliphatic carbocycles. The molecule has 648 valence electrons. The quantitative estimate of drug-likeness (QED) is 0.0506. The molecule has 10 aromatic carbocycles. The summed E-state index contributed by atoms with van der Waals surface area (Å²) in [5, 5.41) is 0. The first-order chi connectivity index (χ1) is 56.5. The second-order valence-corrected chi connectivity index (χ2v) is 23.9. The molecule has 13 rings (SSSR count). The molecular weight excluding hydrogens is 1410 g/mol. The van der Waals surface area contributed by atoms with E-state index in [-0.39, 0.29) is 14.1 Å². The maximum Gasteiger partial charge on any atom is 0.0403 e. The Morgan fingerprint density at radius 2 is 0.296 bits per heavy atom. The van der Waals surface area contributed by atoms with Crippen molar-refractivity contribution in [3.05, 3.63) is 359 Å². The Morgan fingerprint density at radius 3 is 0.426 bits per heavy atom. The zero-order valence-electron chi connectivity index (χ0n) is 74.1. The van der Waals surface area contributed by atoms with Gasteiger partial charge in [0, 0.05) is 6.67 Å². The first-order valence-corrected chi connectivity index (χ1v) is 41.3. The molecule has 28 N–H and O–H groups in total. The summed E-state index contributed by atoms with van der Waals surface area (Å²) in [5.74, 6) is 2.24. The minimum absolute atomic E-state index is 0. The second kappa shape index (κ2) is 112. The lowest BCUT2D eigenvalue weighted by molar-refractivity contribution is 0.244. The molecule has 115 heavy (non-hydrogen) atoms. The van der Waals surface area contributed by atoms with Crippen molar-refractivity contribution in [1.82, 2.24) is 0 Å². The molecule has 10 aromatic rings. The molecule has 0 bridgehead atoms. The van der Waals surface area contributed by atoms with Gasteiger partial charge in [0.05, 0.1) is 0 Å². The van der Waals surface area contributed by atoms with Crippen LogP contribution in [0.25, 0.3) is 0 Å². The maximum atomic E-state index is 4.62. The number of rotatable bonds is 12. The SMILES string of the molecule is C.C1CCC(CC2CCCCC2)CC1.C1CCCCC1.CCc1ccccc1.CCc1ccccc1.CN.CN.CN.CN.CN.CN.CN.CN.CN.CN.CN.CN.NCN.c1ccc(Cc2ccc(Cc3ccc(Cc4ccccc4)cc3)cc2)cc1.c1ccc(Cc2ccccc2)cc1.c1ccccc1.c1ccccc1. The van der Waals surface area contributed by atoms with E-state index in [1.165, 1.54) is 217 Å². The van der Waals surface area contributed by atoms with E-state index in [4.69, 9.17) is 0 Å². The van der Waals surface area contributed by atoms with E-state index < -0.39 is 0 Å². The van der Waals surface area contributed by atoms with Gasteiger partial charge in [-0.1, -0.05) is 427 Å². The number of hydrogen-bond donors (Lipinski definition) is 14. The fourth-order valence-electron chi connectivity index (χ4n) is 11.5. The van der Waals surface area contributed by atoms with E-state index in [0.29, 0.717) is 0 Å². The summed E-state index contributed by atoms with van der Waals surface area (Å²) in [6.45, 7) is 4.57. The van der Waals surface area contributed by atoms with Crippen molar-refractivity contribution >= 4 is 0 Å². The highest BCUT2D eigenvalue weighted by Gasteiger charge is 2.20. The molecule has 3 aliphatic rings. The third kappa shape index (κ3) is 82.0. The Kier molecular flexibility index (Phi) is 122. The molecule has 3 fully saturated rings. The van der Waals surface area contributed by atoms with Gasteiger partial charge < -0.3 is 80.3 Å². The zero-order valence-corrected chi connectivity index (χ0v) is 74.1. The van der Waals surface area contributed by atoms with Crippen LogP contribution in [0.3, 0.4) is 0 Å². The Balaban J connectivity index is -0.000000160. The Labute approximate surface area is 707 Å². The van der Waals surface area contributed by atoms with Crippen molar-refractivity contribution in [2.24, 2.45) is 92.1 Å². The van der Waals surface area contributed by atoms with Gasteiger partial charge in [-0.2, -0.15) is 0 Å². The van der Waals surface area contributed by atoms with Gasteiger partial charge >= 0.3 is 0 Å². The largest absolute Gasteiger partial charge is 0.333 e. The molecule has 0 radical (unpaired) electrons. The minimum Gasteiger partial charge on any atom is -0.333 e. The van der Waals surface area contributed by atoms with Gasteiger partial charge in [0.25, 0.3) is 0 Å². The van der Waals surface area contributed by atoms with Crippen molar-refractivity contribution in [2.45, 2.75) is 169 Å². The zero-order chi connectivity index (χ0) is 87.3. The van der Waals surface area contributed by atoms with Crippen LogP contribution in [0.15, 0.2) is 303 Å². The van der Waals surface area contributed by atoms with Gasteiger partial charge in [0.1, 0.15) is 0 Å². The van der Waals surface area contributed by atoms with Crippen molar-refractivity contribution in [2.75, 3.05) is 91.2 Å². The van der Waals surface area contributed by atoms with E-state index in [0.717, 1.165) is 50.4 Å². The first-order valence-electron chi connectivity index (χ1n) is 41.3.